The van der Waals surface area contributed by atoms with Gasteiger partial charge in [0.2, 0.25) is 0 Å². The van der Waals surface area contributed by atoms with Gasteiger partial charge in [-0.2, -0.15) is 0 Å². The van der Waals surface area contributed by atoms with Crippen LogP contribution in [0.3, 0.4) is 0 Å². The van der Waals surface area contributed by atoms with E-state index >= 15 is 0 Å². The lowest BCUT2D eigenvalue weighted by Gasteiger charge is -2.28. The maximum Gasteiger partial charge on any atom is 0.317 e. The van der Waals surface area contributed by atoms with Crippen molar-refractivity contribution in [1.82, 2.24) is 10.2 Å². The Balaban J connectivity index is 1.64. The second-order valence-electron chi connectivity index (χ2n) is 6.59. The molecule has 0 spiro atoms. The van der Waals surface area contributed by atoms with Gasteiger partial charge in [0, 0.05) is 25.9 Å². The molecule has 1 aliphatic carbocycles. The molecule has 2 fully saturated rings. The van der Waals surface area contributed by atoms with Gasteiger partial charge in [-0.05, 0) is 25.2 Å². The number of rotatable bonds is 5. The Morgan fingerprint density at radius 3 is 2.64 bits per heavy atom. The molecular formula is C15H28N2O4S. The average Bonchev–Trinajstić information content (AvgIpc) is 2.95. The van der Waals surface area contributed by atoms with Crippen molar-refractivity contribution < 1.29 is 17.9 Å². The van der Waals surface area contributed by atoms with Gasteiger partial charge in [0.15, 0.2) is 9.84 Å². The van der Waals surface area contributed by atoms with E-state index in [0.717, 1.165) is 6.42 Å². The summed E-state index contributed by atoms with van der Waals surface area (Å²) in [5.74, 6) is 0.596. The molecular weight excluding hydrogens is 304 g/mol. The number of sulfone groups is 1. The molecule has 1 aliphatic heterocycles. The molecule has 0 aromatic rings. The van der Waals surface area contributed by atoms with Crippen LogP contribution in [0.15, 0.2) is 0 Å². The minimum absolute atomic E-state index is 0.188. The van der Waals surface area contributed by atoms with Crippen LogP contribution in [-0.4, -0.2) is 63.2 Å². The van der Waals surface area contributed by atoms with E-state index in [1.165, 1.54) is 25.5 Å². The molecule has 1 saturated carbocycles. The molecule has 3 unspecified atom stereocenters. The van der Waals surface area contributed by atoms with Crippen LogP contribution in [0.4, 0.5) is 4.79 Å². The second-order valence-corrected chi connectivity index (χ2v) is 8.91. The van der Waals surface area contributed by atoms with Crippen molar-refractivity contribution in [2.24, 2.45) is 5.92 Å². The summed E-state index contributed by atoms with van der Waals surface area (Å²) in [4.78, 5) is 13.6. The van der Waals surface area contributed by atoms with Gasteiger partial charge < -0.3 is 15.0 Å². The molecule has 0 aromatic heterocycles. The molecule has 1 N–H and O–H groups in total. The molecule has 2 rings (SSSR count). The van der Waals surface area contributed by atoms with E-state index < -0.39 is 15.1 Å². The monoisotopic (exact) mass is 332 g/mol. The number of ether oxygens (including phenoxy) is 1. The zero-order valence-electron chi connectivity index (χ0n) is 13.6. The molecule has 1 saturated heterocycles. The fraction of sp³-hybridized carbons (Fsp3) is 0.933. The molecule has 1 heterocycles. The lowest BCUT2D eigenvalue weighted by Crippen LogP contribution is -2.41. The number of likely N-dealkylation sites (tertiary alicyclic amines) is 1. The molecule has 3 atom stereocenters. The number of nitrogens with one attached hydrogen (secondary N) is 1. The Bertz CT molecular complexity index is 480. The molecule has 6 nitrogen and oxygen atoms in total. The van der Waals surface area contributed by atoms with Crippen molar-refractivity contribution in [3.05, 3.63) is 0 Å². The second kappa shape index (κ2) is 7.64. The molecule has 2 aliphatic rings. The summed E-state index contributed by atoms with van der Waals surface area (Å²) < 4.78 is 28.8. The highest BCUT2D eigenvalue weighted by atomic mass is 32.2. The highest BCUT2D eigenvalue weighted by Gasteiger charge is 2.32. The molecule has 0 aromatic carbocycles. The summed E-state index contributed by atoms with van der Waals surface area (Å²) in [6, 6.07) is -0.188. The van der Waals surface area contributed by atoms with E-state index in [9.17, 15) is 13.2 Å². The van der Waals surface area contributed by atoms with E-state index in [1.807, 2.05) is 0 Å². The summed E-state index contributed by atoms with van der Waals surface area (Å²) >= 11 is 0. The van der Waals surface area contributed by atoms with Crippen LogP contribution in [-0.2, 0) is 14.6 Å². The number of amides is 2. The smallest absolute Gasteiger partial charge is 0.317 e. The first-order chi connectivity index (χ1) is 10.4. The normalized spacial score (nSPS) is 29.5. The van der Waals surface area contributed by atoms with Crippen LogP contribution in [0.1, 0.15) is 39.0 Å². The molecule has 22 heavy (non-hydrogen) atoms. The van der Waals surface area contributed by atoms with E-state index in [0.29, 0.717) is 44.7 Å². The van der Waals surface area contributed by atoms with Crippen molar-refractivity contribution >= 4 is 15.9 Å². The fourth-order valence-electron chi connectivity index (χ4n) is 3.27. The summed E-state index contributed by atoms with van der Waals surface area (Å²) in [7, 11) is -3.06. The minimum Gasteiger partial charge on any atom is -0.376 e. The van der Waals surface area contributed by atoms with Gasteiger partial charge in [-0.15, -0.1) is 0 Å². The van der Waals surface area contributed by atoms with Crippen molar-refractivity contribution in [3.8, 4) is 0 Å². The maximum atomic E-state index is 12.0. The topological polar surface area (TPSA) is 75.7 Å². The van der Waals surface area contributed by atoms with E-state index in [-0.39, 0.29) is 6.03 Å². The quantitative estimate of drug-likeness (QED) is 0.772. The zero-order chi connectivity index (χ0) is 16.2. The van der Waals surface area contributed by atoms with Crippen LogP contribution in [0.2, 0.25) is 0 Å². The zero-order valence-corrected chi connectivity index (χ0v) is 14.4. The Hall–Kier alpha value is -0.820. The number of nitrogens with zero attached hydrogens (tertiary/aromatic N) is 1. The standard InChI is InChI=1S/C15H28N2O4S/c1-12-5-3-4-6-14(12)21-10-8-16-15(18)17-9-7-13(11-17)22(2,19)20/h12-14H,3-11H2,1-2H3,(H,16,18). The largest absolute Gasteiger partial charge is 0.376 e. The minimum atomic E-state index is -3.06. The Kier molecular flexibility index (Phi) is 6.09. The van der Waals surface area contributed by atoms with Crippen molar-refractivity contribution in [2.45, 2.75) is 50.4 Å². The first-order valence-corrected chi connectivity index (χ1v) is 10.2. The van der Waals surface area contributed by atoms with E-state index in [2.05, 4.69) is 12.2 Å². The predicted octanol–water partition coefficient (Wildman–Crippen LogP) is 1.41. The van der Waals surface area contributed by atoms with Crippen molar-refractivity contribution in [3.63, 3.8) is 0 Å². The lowest BCUT2D eigenvalue weighted by molar-refractivity contribution is -0.00266. The number of carbonyl (C=O) groups excluding carboxylic acids is 1. The number of urea groups is 1. The predicted molar refractivity (Wildman–Crippen MR) is 85.6 cm³/mol. The third-order valence-corrected chi connectivity index (χ3v) is 6.38. The third-order valence-electron chi connectivity index (χ3n) is 4.78. The third kappa shape index (κ3) is 4.84. The van der Waals surface area contributed by atoms with Crippen molar-refractivity contribution in [2.75, 3.05) is 32.5 Å². The van der Waals surface area contributed by atoms with Crippen LogP contribution >= 0.6 is 0 Å². The van der Waals surface area contributed by atoms with E-state index in [4.69, 9.17) is 4.74 Å². The summed E-state index contributed by atoms with van der Waals surface area (Å²) in [6.45, 7) is 4.01. The van der Waals surface area contributed by atoms with Gasteiger partial charge in [-0.1, -0.05) is 19.8 Å². The highest BCUT2D eigenvalue weighted by molar-refractivity contribution is 7.91. The molecule has 0 radical (unpaired) electrons. The molecule has 7 heteroatoms. The fourth-order valence-corrected chi connectivity index (χ4v) is 4.26. The lowest BCUT2D eigenvalue weighted by atomic mass is 9.88. The van der Waals surface area contributed by atoms with Gasteiger partial charge in [0.25, 0.3) is 0 Å². The Morgan fingerprint density at radius 1 is 1.27 bits per heavy atom. The Morgan fingerprint density at radius 2 is 2.00 bits per heavy atom. The van der Waals surface area contributed by atoms with Gasteiger partial charge in [0.05, 0.1) is 18.0 Å². The summed E-state index contributed by atoms with van der Waals surface area (Å²) in [6.07, 6.45) is 6.92. The SMILES string of the molecule is CC1CCCCC1OCCNC(=O)N1CCC(S(C)(=O)=O)C1. The van der Waals surface area contributed by atoms with Gasteiger partial charge in [-0.3, -0.25) is 0 Å². The first-order valence-electron chi connectivity index (χ1n) is 8.21. The van der Waals surface area contributed by atoms with Gasteiger partial charge in [0.1, 0.15) is 0 Å². The van der Waals surface area contributed by atoms with Crippen LogP contribution in [0, 0.1) is 5.92 Å². The van der Waals surface area contributed by atoms with Gasteiger partial charge >= 0.3 is 6.03 Å². The maximum absolute atomic E-state index is 12.0. The molecule has 0 bridgehead atoms. The average molecular weight is 332 g/mol. The molecule has 2 amide bonds. The van der Waals surface area contributed by atoms with Crippen LogP contribution in [0.25, 0.3) is 0 Å². The number of carbonyl (C=O) groups is 1. The highest BCUT2D eigenvalue weighted by Crippen LogP contribution is 2.26. The van der Waals surface area contributed by atoms with E-state index in [1.54, 1.807) is 4.90 Å². The van der Waals surface area contributed by atoms with Crippen LogP contribution in [0.5, 0.6) is 0 Å². The molecule has 128 valence electrons. The first kappa shape index (κ1) is 17.5. The Labute approximate surface area is 133 Å². The number of hydrogen-bond donors (Lipinski definition) is 1. The summed E-state index contributed by atoms with van der Waals surface area (Å²) in [5.41, 5.74) is 0. The van der Waals surface area contributed by atoms with Crippen LogP contribution < -0.4 is 5.32 Å². The number of hydrogen-bond acceptors (Lipinski definition) is 4. The van der Waals surface area contributed by atoms with Crippen molar-refractivity contribution in [1.29, 1.82) is 0 Å². The summed E-state index contributed by atoms with van der Waals surface area (Å²) in [5, 5.41) is 2.40. The van der Waals surface area contributed by atoms with Gasteiger partial charge in [-0.25, -0.2) is 13.2 Å².